The number of benzene rings is 1. The summed E-state index contributed by atoms with van der Waals surface area (Å²) in [5.74, 6) is -0.358. The van der Waals surface area contributed by atoms with Crippen LogP contribution in [0.1, 0.15) is 0 Å². The Kier molecular flexibility index (Phi) is 2.88. The first kappa shape index (κ1) is 11.0. The van der Waals surface area contributed by atoms with E-state index in [2.05, 4.69) is 34.2 Å². The molecule has 0 fully saturated rings. The van der Waals surface area contributed by atoms with Crippen LogP contribution in [0.25, 0.3) is 11.0 Å². The van der Waals surface area contributed by atoms with Crippen molar-refractivity contribution in [2.45, 2.75) is 0 Å². The lowest BCUT2D eigenvalue weighted by Crippen LogP contribution is -1.96. The van der Waals surface area contributed by atoms with Gasteiger partial charge in [-0.15, -0.1) is 0 Å². The van der Waals surface area contributed by atoms with Gasteiger partial charge in [-0.05, 0) is 12.1 Å². The van der Waals surface area contributed by atoms with Gasteiger partial charge in [-0.2, -0.15) is 0 Å². The summed E-state index contributed by atoms with van der Waals surface area (Å²) in [5.41, 5.74) is -0.466. The molecule has 0 unspecified atom stereocenters. The molecule has 1 N–H and O–H groups in total. The third-order valence-corrected chi connectivity index (χ3v) is 2.37. The molecule has 1 heterocycles. The highest BCUT2D eigenvalue weighted by atomic mass is 32.1. The molecule has 0 spiro atoms. The highest BCUT2D eigenvalue weighted by Gasteiger charge is 2.17. The first-order valence-corrected chi connectivity index (χ1v) is 4.83. The van der Waals surface area contributed by atoms with Gasteiger partial charge in [0.05, 0.1) is 0 Å². The van der Waals surface area contributed by atoms with Gasteiger partial charge in [-0.25, -0.2) is 4.79 Å². The molecule has 0 aliphatic rings. The molecule has 2 rings (SSSR count). The van der Waals surface area contributed by atoms with E-state index in [4.69, 9.17) is 4.42 Å². The summed E-state index contributed by atoms with van der Waals surface area (Å²) in [6.07, 6.45) is 0. The van der Waals surface area contributed by atoms with Crippen molar-refractivity contribution in [1.82, 2.24) is 0 Å². The smallest absolute Gasteiger partial charge is 0.336 e. The fraction of sp³-hybridized carbons (Fsp3) is 0. The van der Waals surface area contributed by atoms with Crippen molar-refractivity contribution in [3.63, 3.8) is 0 Å². The van der Waals surface area contributed by atoms with Crippen LogP contribution in [-0.4, -0.2) is 5.11 Å². The average molecular weight is 258 g/mol. The van der Waals surface area contributed by atoms with Gasteiger partial charge in [-0.1, -0.05) is 0 Å². The second-order valence-electron chi connectivity index (χ2n) is 2.91. The van der Waals surface area contributed by atoms with E-state index < -0.39 is 5.63 Å². The molecule has 7 heteroatoms. The molecular formula is C9H6O5S2. The molecule has 16 heavy (non-hydrogen) atoms. The monoisotopic (exact) mass is 258 g/mol. The lowest BCUT2D eigenvalue weighted by molar-refractivity contribution is 0.427. The van der Waals surface area contributed by atoms with Crippen molar-refractivity contribution in [2.75, 3.05) is 0 Å². The molecular weight excluding hydrogens is 252 g/mol. The van der Waals surface area contributed by atoms with Crippen LogP contribution in [0, 0.1) is 0 Å². The molecule has 84 valence electrons. The van der Waals surface area contributed by atoms with Crippen LogP contribution < -0.4 is 14.0 Å². The summed E-state index contributed by atoms with van der Waals surface area (Å²) in [6, 6.07) is 4.20. The standard InChI is InChI=1S/C9H6O5S2/c10-6-2-1-4-3-5(13-15)7(11)9(14-16)8(4)12-6/h1-3,11,15-16H. The summed E-state index contributed by atoms with van der Waals surface area (Å²) in [7, 11) is 0. The third-order valence-electron chi connectivity index (χ3n) is 1.99. The Bertz CT molecular complexity index is 592. The summed E-state index contributed by atoms with van der Waals surface area (Å²) in [5, 5.41) is 10.2. The molecule has 0 atom stereocenters. The molecule has 0 amide bonds. The van der Waals surface area contributed by atoms with Crippen molar-refractivity contribution in [3.8, 4) is 17.2 Å². The zero-order valence-corrected chi connectivity index (χ0v) is 9.50. The SMILES string of the molecule is O=c1ccc2cc(OS)c(O)c(OS)c2o1. The summed E-state index contributed by atoms with van der Waals surface area (Å²) in [6.45, 7) is 0. The van der Waals surface area contributed by atoms with Crippen molar-refractivity contribution >= 4 is 36.8 Å². The molecule has 0 saturated carbocycles. The minimum atomic E-state index is -0.557. The van der Waals surface area contributed by atoms with Gasteiger partial charge >= 0.3 is 5.63 Å². The van der Waals surface area contributed by atoms with E-state index in [1.807, 2.05) is 0 Å². The average Bonchev–Trinajstić information content (AvgIpc) is 2.28. The molecule has 5 nitrogen and oxygen atoms in total. The first-order chi connectivity index (χ1) is 7.67. The van der Waals surface area contributed by atoms with Gasteiger partial charge in [0.2, 0.25) is 11.5 Å². The molecule has 0 radical (unpaired) electrons. The highest BCUT2D eigenvalue weighted by molar-refractivity contribution is 7.75. The number of hydrogen-bond donors (Lipinski definition) is 3. The van der Waals surface area contributed by atoms with Crippen molar-refractivity contribution in [2.24, 2.45) is 0 Å². The number of thiol groups is 2. The molecule has 1 aromatic heterocycles. The zero-order valence-electron chi connectivity index (χ0n) is 7.71. The van der Waals surface area contributed by atoms with Gasteiger partial charge in [0, 0.05) is 37.3 Å². The molecule has 0 saturated heterocycles. The zero-order chi connectivity index (χ0) is 11.7. The second-order valence-corrected chi connectivity index (χ2v) is 3.27. The third kappa shape index (κ3) is 1.68. The maximum atomic E-state index is 11.0. The number of hydrogen-bond acceptors (Lipinski definition) is 7. The van der Waals surface area contributed by atoms with Gasteiger partial charge in [-0.3, -0.25) is 0 Å². The molecule has 2 aromatic rings. The van der Waals surface area contributed by atoms with Gasteiger partial charge in [0.25, 0.3) is 0 Å². The largest absolute Gasteiger partial charge is 0.502 e. The second kappa shape index (κ2) is 4.18. The Morgan fingerprint density at radius 2 is 2.00 bits per heavy atom. The van der Waals surface area contributed by atoms with Crippen LogP contribution in [0.2, 0.25) is 0 Å². The van der Waals surface area contributed by atoms with Crippen LogP contribution in [0.5, 0.6) is 17.2 Å². The molecule has 0 aliphatic heterocycles. The highest BCUT2D eigenvalue weighted by Crippen LogP contribution is 2.42. The topological polar surface area (TPSA) is 68.9 Å². The fourth-order valence-corrected chi connectivity index (χ4v) is 1.61. The Balaban J connectivity index is 2.90. The van der Waals surface area contributed by atoms with E-state index in [0.717, 1.165) is 0 Å². The Labute approximate surface area is 101 Å². The number of fused-ring (bicyclic) bond motifs is 1. The summed E-state index contributed by atoms with van der Waals surface area (Å²) >= 11 is 7.15. The van der Waals surface area contributed by atoms with E-state index in [1.165, 1.54) is 18.2 Å². The Morgan fingerprint density at radius 3 is 2.62 bits per heavy atom. The van der Waals surface area contributed by atoms with Crippen LogP contribution in [0.15, 0.2) is 27.4 Å². The van der Waals surface area contributed by atoms with Gasteiger partial charge in [0.15, 0.2) is 11.3 Å². The van der Waals surface area contributed by atoms with E-state index in [-0.39, 0.29) is 22.8 Å². The predicted molar refractivity (Wildman–Crippen MR) is 63.4 cm³/mol. The lowest BCUT2D eigenvalue weighted by atomic mass is 10.2. The maximum absolute atomic E-state index is 11.0. The Hall–Kier alpha value is -1.47. The summed E-state index contributed by atoms with van der Waals surface area (Å²) in [4.78, 5) is 11.0. The lowest BCUT2D eigenvalue weighted by Gasteiger charge is -2.08. The van der Waals surface area contributed by atoms with Gasteiger partial charge in [0.1, 0.15) is 0 Å². The van der Waals surface area contributed by atoms with Crippen LogP contribution in [0.3, 0.4) is 0 Å². The predicted octanol–water partition coefficient (Wildman–Crippen LogP) is 1.95. The van der Waals surface area contributed by atoms with E-state index in [9.17, 15) is 9.90 Å². The minimum absolute atomic E-state index is 0.0775. The normalized spacial score (nSPS) is 10.4. The van der Waals surface area contributed by atoms with Crippen molar-refractivity contribution < 1.29 is 17.9 Å². The molecule has 1 aromatic carbocycles. The number of phenolic OH excluding ortho intramolecular Hbond substituents is 1. The van der Waals surface area contributed by atoms with Crippen LogP contribution in [-0.2, 0) is 0 Å². The van der Waals surface area contributed by atoms with E-state index in [0.29, 0.717) is 5.39 Å². The van der Waals surface area contributed by atoms with Crippen molar-refractivity contribution in [1.29, 1.82) is 0 Å². The molecule has 0 bridgehead atoms. The number of phenols is 1. The minimum Gasteiger partial charge on any atom is -0.502 e. The number of aromatic hydroxyl groups is 1. The first-order valence-electron chi connectivity index (χ1n) is 4.10. The quantitative estimate of drug-likeness (QED) is 0.436. The molecule has 0 aliphatic carbocycles. The van der Waals surface area contributed by atoms with E-state index >= 15 is 0 Å². The van der Waals surface area contributed by atoms with Gasteiger partial charge < -0.3 is 17.9 Å². The van der Waals surface area contributed by atoms with Crippen LogP contribution >= 0.6 is 25.8 Å². The number of rotatable bonds is 2. The van der Waals surface area contributed by atoms with Crippen LogP contribution in [0.4, 0.5) is 0 Å². The Morgan fingerprint density at radius 1 is 1.25 bits per heavy atom. The van der Waals surface area contributed by atoms with Crippen molar-refractivity contribution in [3.05, 3.63) is 28.6 Å². The maximum Gasteiger partial charge on any atom is 0.336 e. The fourth-order valence-electron chi connectivity index (χ4n) is 1.30. The van der Waals surface area contributed by atoms with E-state index in [1.54, 1.807) is 0 Å². The summed E-state index contributed by atoms with van der Waals surface area (Å²) < 4.78 is 14.2.